The topological polar surface area (TPSA) is 84.9 Å². The SMILES string of the molecule is O=C(\C(=N/N=C\C=C\c1ccccc1[N+](=O)[O-])c1ccccc1)c1ccccc1. The number of nitro groups is 1. The number of carbonyl (C=O) groups excluding carboxylic acids is 1. The van der Waals surface area contributed by atoms with Crippen molar-refractivity contribution in [1.29, 1.82) is 0 Å². The lowest BCUT2D eigenvalue weighted by molar-refractivity contribution is -0.385. The fourth-order valence-electron chi connectivity index (χ4n) is 2.63. The number of hydrogen-bond acceptors (Lipinski definition) is 5. The van der Waals surface area contributed by atoms with Gasteiger partial charge in [-0.3, -0.25) is 14.9 Å². The van der Waals surface area contributed by atoms with Gasteiger partial charge in [-0.15, -0.1) is 5.10 Å². The Hall–Kier alpha value is -4.19. The fourth-order valence-corrected chi connectivity index (χ4v) is 2.63. The van der Waals surface area contributed by atoms with Crippen LogP contribution in [0.25, 0.3) is 6.08 Å². The molecule has 0 aliphatic carbocycles. The summed E-state index contributed by atoms with van der Waals surface area (Å²) in [4.78, 5) is 23.5. The Labute approximate surface area is 167 Å². The zero-order valence-corrected chi connectivity index (χ0v) is 15.4. The van der Waals surface area contributed by atoms with Crippen molar-refractivity contribution in [3.05, 3.63) is 118 Å². The smallest absolute Gasteiger partial charge is 0.276 e. The summed E-state index contributed by atoms with van der Waals surface area (Å²) >= 11 is 0. The Morgan fingerprint density at radius 1 is 0.828 bits per heavy atom. The van der Waals surface area contributed by atoms with Gasteiger partial charge in [-0.1, -0.05) is 72.8 Å². The average molecular weight is 383 g/mol. The normalized spacial score (nSPS) is 11.8. The van der Waals surface area contributed by atoms with Gasteiger partial charge in [-0.2, -0.15) is 5.10 Å². The minimum Gasteiger partial charge on any atom is -0.287 e. The maximum absolute atomic E-state index is 12.9. The summed E-state index contributed by atoms with van der Waals surface area (Å²) < 4.78 is 0. The number of benzene rings is 3. The van der Waals surface area contributed by atoms with E-state index in [1.807, 2.05) is 24.3 Å². The number of para-hydroxylation sites is 1. The lowest BCUT2D eigenvalue weighted by Gasteiger charge is -2.04. The van der Waals surface area contributed by atoms with Crippen LogP contribution in [0, 0.1) is 10.1 Å². The summed E-state index contributed by atoms with van der Waals surface area (Å²) in [6.07, 6.45) is 4.50. The molecule has 0 N–H and O–H groups in total. The van der Waals surface area contributed by atoms with Gasteiger partial charge in [0, 0.05) is 23.4 Å². The lowest BCUT2D eigenvalue weighted by atomic mass is 10.0. The van der Waals surface area contributed by atoms with E-state index in [1.54, 1.807) is 66.7 Å². The summed E-state index contributed by atoms with van der Waals surface area (Å²) in [6.45, 7) is 0. The van der Waals surface area contributed by atoms with Gasteiger partial charge >= 0.3 is 0 Å². The molecule has 0 heterocycles. The monoisotopic (exact) mass is 383 g/mol. The zero-order valence-electron chi connectivity index (χ0n) is 15.4. The van der Waals surface area contributed by atoms with Gasteiger partial charge in [-0.25, -0.2) is 0 Å². The summed E-state index contributed by atoms with van der Waals surface area (Å²) in [5.41, 5.74) is 1.84. The number of rotatable bonds is 7. The number of nitrogens with zero attached hydrogens (tertiary/aromatic N) is 3. The van der Waals surface area contributed by atoms with E-state index in [9.17, 15) is 14.9 Å². The van der Waals surface area contributed by atoms with Gasteiger partial charge in [0.2, 0.25) is 5.78 Å². The molecular formula is C23H17N3O3. The molecule has 0 atom stereocenters. The first-order chi connectivity index (χ1) is 14.2. The van der Waals surface area contributed by atoms with Crippen LogP contribution in [-0.2, 0) is 0 Å². The van der Waals surface area contributed by atoms with Gasteiger partial charge < -0.3 is 0 Å². The predicted octanol–water partition coefficient (Wildman–Crippen LogP) is 4.97. The van der Waals surface area contributed by atoms with Crippen LogP contribution in [0.5, 0.6) is 0 Å². The molecular weight excluding hydrogens is 366 g/mol. The van der Waals surface area contributed by atoms with Gasteiger partial charge in [0.05, 0.1) is 10.5 Å². The molecule has 0 bridgehead atoms. The molecule has 6 nitrogen and oxygen atoms in total. The summed E-state index contributed by atoms with van der Waals surface area (Å²) in [7, 11) is 0. The van der Waals surface area contributed by atoms with E-state index in [2.05, 4.69) is 10.2 Å². The number of hydrogen-bond donors (Lipinski definition) is 0. The average Bonchev–Trinajstić information content (AvgIpc) is 2.77. The maximum Gasteiger partial charge on any atom is 0.276 e. The van der Waals surface area contributed by atoms with Crippen molar-refractivity contribution >= 4 is 29.5 Å². The van der Waals surface area contributed by atoms with E-state index in [4.69, 9.17) is 0 Å². The van der Waals surface area contributed by atoms with Crippen molar-refractivity contribution in [1.82, 2.24) is 0 Å². The minimum atomic E-state index is -0.443. The van der Waals surface area contributed by atoms with Crippen molar-refractivity contribution in [3.63, 3.8) is 0 Å². The molecule has 6 heteroatoms. The maximum atomic E-state index is 12.9. The molecule has 142 valence electrons. The van der Waals surface area contributed by atoms with E-state index < -0.39 is 4.92 Å². The van der Waals surface area contributed by atoms with Crippen LogP contribution in [0.2, 0.25) is 0 Å². The summed E-state index contributed by atoms with van der Waals surface area (Å²) in [5, 5.41) is 19.1. The highest BCUT2D eigenvalue weighted by Crippen LogP contribution is 2.18. The second kappa shape index (κ2) is 9.66. The number of carbonyl (C=O) groups is 1. The fraction of sp³-hybridized carbons (Fsp3) is 0. The molecule has 0 saturated heterocycles. The van der Waals surface area contributed by atoms with Crippen LogP contribution in [0.1, 0.15) is 21.5 Å². The standard InChI is InChI=1S/C23H17N3O3/c27-23(20-13-5-2-6-14-20)22(19-11-3-1-4-12-19)25-24-17-9-15-18-10-7-8-16-21(18)26(28)29/h1-17H/b15-9+,24-17-,25-22-. The molecule has 0 saturated carbocycles. The molecule has 0 aliphatic rings. The van der Waals surface area contributed by atoms with Gasteiger partial charge in [0.25, 0.3) is 5.69 Å². The Morgan fingerprint density at radius 3 is 2.07 bits per heavy atom. The Morgan fingerprint density at radius 2 is 1.41 bits per heavy atom. The van der Waals surface area contributed by atoms with Crippen LogP contribution in [-0.4, -0.2) is 22.6 Å². The highest BCUT2D eigenvalue weighted by Gasteiger charge is 2.16. The number of Topliss-reactive ketones (excluding diaryl/α,β-unsaturated/α-hetero) is 1. The van der Waals surface area contributed by atoms with E-state index in [1.165, 1.54) is 12.3 Å². The summed E-state index contributed by atoms with van der Waals surface area (Å²) in [5.74, 6) is -0.239. The molecule has 3 aromatic rings. The van der Waals surface area contributed by atoms with Crippen LogP contribution in [0.3, 0.4) is 0 Å². The molecule has 3 rings (SSSR count). The van der Waals surface area contributed by atoms with Crippen molar-refractivity contribution in [2.24, 2.45) is 10.2 Å². The molecule has 29 heavy (non-hydrogen) atoms. The third-order valence-corrected chi connectivity index (χ3v) is 4.02. The number of nitro benzene ring substituents is 1. The van der Waals surface area contributed by atoms with Crippen molar-refractivity contribution in [2.75, 3.05) is 0 Å². The van der Waals surface area contributed by atoms with Crippen molar-refractivity contribution in [2.45, 2.75) is 0 Å². The Kier molecular flexibility index (Phi) is 6.52. The highest BCUT2D eigenvalue weighted by atomic mass is 16.6. The van der Waals surface area contributed by atoms with E-state index in [-0.39, 0.29) is 17.2 Å². The van der Waals surface area contributed by atoms with Crippen molar-refractivity contribution in [3.8, 4) is 0 Å². The zero-order chi connectivity index (χ0) is 20.5. The van der Waals surface area contributed by atoms with Gasteiger partial charge in [0.1, 0.15) is 5.71 Å². The molecule has 0 spiro atoms. The molecule has 0 aliphatic heterocycles. The molecule has 0 amide bonds. The third-order valence-electron chi connectivity index (χ3n) is 4.02. The van der Waals surface area contributed by atoms with Gasteiger partial charge in [0.15, 0.2) is 0 Å². The van der Waals surface area contributed by atoms with Crippen LogP contribution in [0.4, 0.5) is 5.69 Å². The predicted molar refractivity (Wildman–Crippen MR) is 114 cm³/mol. The van der Waals surface area contributed by atoms with E-state index in [0.29, 0.717) is 16.7 Å². The van der Waals surface area contributed by atoms with Crippen molar-refractivity contribution < 1.29 is 9.72 Å². The number of allylic oxidation sites excluding steroid dienone is 1. The van der Waals surface area contributed by atoms with E-state index in [0.717, 1.165) is 0 Å². The molecule has 3 aromatic carbocycles. The Balaban J connectivity index is 1.86. The van der Waals surface area contributed by atoms with Crippen LogP contribution in [0.15, 0.2) is 101 Å². The number of ketones is 1. The van der Waals surface area contributed by atoms with Gasteiger partial charge in [-0.05, 0) is 18.2 Å². The second-order valence-electron chi connectivity index (χ2n) is 5.95. The molecule has 0 radical (unpaired) electrons. The largest absolute Gasteiger partial charge is 0.287 e. The highest BCUT2D eigenvalue weighted by molar-refractivity contribution is 6.51. The first-order valence-electron chi connectivity index (χ1n) is 8.83. The third kappa shape index (κ3) is 5.17. The molecule has 0 aromatic heterocycles. The van der Waals surface area contributed by atoms with Crippen LogP contribution >= 0.6 is 0 Å². The first kappa shape index (κ1) is 19.6. The lowest BCUT2D eigenvalue weighted by Crippen LogP contribution is -2.15. The minimum absolute atomic E-state index is 0.00452. The Bertz CT molecular complexity index is 1090. The quantitative estimate of drug-likeness (QED) is 0.250. The molecule has 0 fully saturated rings. The van der Waals surface area contributed by atoms with Crippen LogP contribution < -0.4 is 0 Å². The van der Waals surface area contributed by atoms with E-state index >= 15 is 0 Å². The molecule has 0 unspecified atom stereocenters. The summed E-state index contributed by atoms with van der Waals surface area (Å²) in [6, 6.07) is 24.3. The second-order valence-corrected chi connectivity index (χ2v) is 5.95. The first-order valence-corrected chi connectivity index (χ1v) is 8.83.